The average Bonchev–Trinajstić information content (AvgIpc) is 2.95. The van der Waals surface area contributed by atoms with Crippen molar-refractivity contribution in [1.82, 2.24) is 0 Å². The van der Waals surface area contributed by atoms with E-state index in [-0.39, 0.29) is 24.7 Å². The second kappa shape index (κ2) is 12.9. The summed E-state index contributed by atoms with van der Waals surface area (Å²) in [6, 6.07) is 11.2. The monoisotopic (exact) mass is 616 g/mol. The number of ether oxygens (including phenoxy) is 4. The van der Waals surface area contributed by atoms with Crippen LogP contribution in [-0.2, 0) is 33.4 Å². The summed E-state index contributed by atoms with van der Waals surface area (Å²) < 4.78 is 22.0. The molecule has 2 aromatic carbocycles. The molecular formula is C31H36O13. The van der Waals surface area contributed by atoms with Crippen LogP contribution < -0.4 is 9.47 Å². The summed E-state index contributed by atoms with van der Waals surface area (Å²) >= 11 is 0. The van der Waals surface area contributed by atoms with Gasteiger partial charge in [0.2, 0.25) is 17.5 Å². The van der Waals surface area contributed by atoms with Crippen LogP contribution in [0.5, 0.6) is 11.5 Å². The number of benzene rings is 2. The number of aliphatic hydroxyl groups excluding tert-OH is 1. The van der Waals surface area contributed by atoms with Gasteiger partial charge in [-0.1, -0.05) is 24.3 Å². The minimum absolute atomic E-state index is 0.0764. The number of carbonyl (C=O) groups excluding carboxylic acids is 5. The lowest BCUT2D eigenvalue weighted by Crippen LogP contribution is -2.87. The number of ketones is 4. The van der Waals surface area contributed by atoms with Gasteiger partial charge in [0.1, 0.15) is 23.7 Å². The third-order valence-corrected chi connectivity index (χ3v) is 7.59. The first kappa shape index (κ1) is 34.5. The summed E-state index contributed by atoms with van der Waals surface area (Å²) in [5.74, 6) is -5.56. The van der Waals surface area contributed by atoms with Crippen LogP contribution in [0, 0.1) is 6.92 Å². The zero-order valence-electron chi connectivity index (χ0n) is 25.2. The van der Waals surface area contributed by atoms with E-state index in [1.807, 2.05) is 0 Å². The van der Waals surface area contributed by atoms with Crippen LogP contribution in [0.3, 0.4) is 0 Å². The first-order valence-corrected chi connectivity index (χ1v) is 13.7. The molecule has 3 rings (SSSR count). The van der Waals surface area contributed by atoms with Crippen molar-refractivity contribution in [3.05, 3.63) is 48.0 Å². The fourth-order valence-electron chi connectivity index (χ4n) is 5.22. The van der Waals surface area contributed by atoms with Crippen LogP contribution in [0.4, 0.5) is 0 Å². The van der Waals surface area contributed by atoms with Crippen molar-refractivity contribution in [1.29, 1.82) is 0 Å². The molecule has 1 aliphatic heterocycles. The van der Waals surface area contributed by atoms with Crippen LogP contribution in [0.1, 0.15) is 40.2 Å². The molecule has 1 heterocycles. The van der Waals surface area contributed by atoms with Crippen molar-refractivity contribution < 1.29 is 63.3 Å². The van der Waals surface area contributed by atoms with Gasteiger partial charge in [-0.3, -0.25) is 19.2 Å². The molecular weight excluding hydrogens is 580 g/mol. The highest BCUT2D eigenvalue weighted by atomic mass is 16.7. The van der Waals surface area contributed by atoms with Gasteiger partial charge in [0, 0.05) is 5.56 Å². The zero-order valence-corrected chi connectivity index (χ0v) is 25.2. The Hall–Kier alpha value is -4.01. The second-order valence-electron chi connectivity index (χ2n) is 10.6. The van der Waals surface area contributed by atoms with Crippen molar-refractivity contribution >= 4 is 29.1 Å². The normalized spacial score (nSPS) is 27.1. The Morgan fingerprint density at radius 1 is 0.909 bits per heavy atom. The van der Waals surface area contributed by atoms with Gasteiger partial charge < -0.3 is 39.4 Å². The average molecular weight is 617 g/mol. The van der Waals surface area contributed by atoms with Gasteiger partial charge in [-0.2, -0.15) is 0 Å². The summed E-state index contributed by atoms with van der Waals surface area (Å²) in [6.07, 6.45) is -7.01. The van der Waals surface area contributed by atoms with E-state index in [4.69, 9.17) is 18.9 Å². The van der Waals surface area contributed by atoms with E-state index < -0.39 is 64.4 Å². The Kier molecular flexibility index (Phi) is 10.1. The summed E-state index contributed by atoms with van der Waals surface area (Å²) in [6.45, 7) is 6.28. The van der Waals surface area contributed by atoms with E-state index in [1.165, 1.54) is 6.07 Å². The number of aryl methyl sites for hydroxylation is 1. The van der Waals surface area contributed by atoms with Crippen molar-refractivity contribution in [2.45, 2.75) is 76.8 Å². The van der Waals surface area contributed by atoms with E-state index in [1.54, 1.807) is 50.2 Å². The fraction of sp³-hybridized carbons (Fsp3) is 0.452. The third kappa shape index (κ3) is 5.76. The SMILES string of the molecule is CCOC(=O)COc1cccc(-c2ccc(C)cc2O[C@@H]2O[C@H](C(O)C(C)=O)[C@](O)(C(C)=O)[C@@](O)(C(C)=O)[C@@]2(O)C(C)=O)c1. The number of esters is 1. The van der Waals surface area contributed by atoms with Gasteiger partial charge >= 0.3 is 5.97 Å². The summed E-state index contributed by atoms with van der Waals surface area (Å²) in [4.78, 5) is 62.9. The van der Waals surface area contributed by atoms with E-state index >= 15 is 0 Å². The highest BCUT2D eigenvalue weighted by Gasteiger charge is 2.80. The molecule has 1 saturated heterocycles. The highest BCUT2D eigenvalue weighted by molar-refractivity contribution is 6.05. The van der Waals surface area contributed by atoms with Crippen molar-refractivity contribution in [2.75, 3.05) is 13.2 Å². The van der Waals surface area contributed by atoms with Crippen molar-refractivity contribution in [2.24, 2.45) is 0 Å². The molecule has 0 amide bonds. The number of carbonyl (C=O) groups is 5. The molecule has 4 N–H and O–H groups in total. The van der Waals surface area contributed by atoms with E-state index in [0.29, 0.717) is 23.6 Å². The van der Waals surface area contributed by atoms with Crippen LogP contribution in [-0.4, -0.2) is 98.0 Å². The van der Waals surface area contributed by atoms with Crippen molar-refractivity contribution in [3.8, 4) is 22.6 Å². The van der Waals surface area contributed by atoms with Gasteiger partial charge in [0.05, 0.1) is 6.61 Å². The highest BCUT2D eigenvalue weighted by Crippen LogP contribution is 2.48. The maximum absolute atomic E-state index is 13.1. The molecule has 0 aliphatic carbocycles. The summed E-state index contributed by atoms with van der Waals surface area (Å²) in [5.41, 5.74) is -9.17. The smallest absolute Gasteiger partial charge is 0.344 e. The maximum atomic E-state index is 13.1. The summed E-state index contributed by atoms with van der Waals surface area (Å²) in [5, 5.41) is 45.8. The van der Waals surface area contributed by atoms with Crippen LogP contribution >= 0.6 is 0 Å². The standard InChI is InChI=1S/C31H36O13/c1-7-41-25(36)15-42-22-10-8-9-21(14-22)23-12-11-16(2)13-24(23)43-28-30(39,19(5)34)31(40,20(6)35)29(38,18(4)33)27(44-28)26(37)17(3)32/h8-14,26-28,37-40H,7,15H2,1-6H3/t26?,27-,28-,29-,30-,31+/m1/s1. The lowest BCUT2D eigenvalue weighted by atomic mass is 9.60. The molecule has 6 atom stereocenters. The van der Waals surface area contributed by atoms with Crippen LogP contribution in [0.15, 0.2) is 42.5 Å². The Balaban J connectivity index is 2.20. The predicted molar refractivity (Wildman–Crippen MR) is 152 cm³/mol. The van der Waals surface area contributed by atoms with Gasteiger partial charge in [-0.15, -0.1) is 0 Å². The van der Waals surface area contributed by atoms with E-state index in [0.717, 1.165) is 20.8 Å². The largest absolute Gasteiger partial charge is 0.482 e. The summed E-state index contributed by atoms with van der Waals surface area (Å²) in [7, 11) is 0. The molecule has 2 aromatic rings. The molecule has 0 bridgehead atoms. The number of aliphatic hydroxyl groups is 4. The quantitative estimate of drug-likeness (QED) is 0.242. The first-order valence-electron chi connectivity index (χ1n) is 13.7. The zero-order chi connectivity index (χ0) is 33.2. The fourth-order valence-corrected chi connectivity index (χ4v) is 5.22. The number of Topliss-reactive ketones (excluding diaryl/α,β-unsaturated/α-hetero) is 4. The molecule has 1 unspecified atom stereocenters. The molecule has 13 heteroatoms. The number of rotatable bonds is 12. The van der Waals surface area contributed by atoms with Gasteiger partial charge in [0.25, 0.3) is 0 Å². The minimum Gasteiger partial charge on any atom is -0.482 e. The van der Waals surface area contributed by atoms with Crippen molar-refractivity contribution in [3.63, 3.8) is 0 Å². The lowest BCUT2D eigenvalue weighted by molar-refractivity contribution is -0.358. The molecule has 1 aliphatic rings. The maximum Gasteiger partial charge on any atom is 0.344 e. The Morgan fingerprint density at radius 2 is 1.55 bits per heavy atom. The molecule has 0 aromatic heterocycles. The van der Waals surface area contributed by atoms with Gasteiger partial charge in [0.15, 0.2) is 35.3 Å². The predicted octanol–water partition coefficient (Wildman–Crippen LogP) is 0.618. The molecule has 1 fully saturated rings. The molecule has 238 valence electrons. The minimum atomic E-state index is -3.65. The molecule has 0 radical (unpaired) electrons. The Morgan fingerprint density at radius 3 is 2.09 bits per heavy atom. The number of hydrogen-bond acceptors (Lipinski definition) is 13. The molecule has 0 spiro atoms. The lowest BCUT2D eigenvalue weighted by Gasteiger charge is -2.57. The van der Waals surface area contributed by atoms with Gasteiger partial charge in [-0.25, -0.2) is 4.79 Å². The molecule has 44 heavy (non-hydrogen) atoms. The first-order chi connectivity index (χ1) is 20.5. The van der Waals surface area contributed by atoms with E-state index in [2.05, 4.69) is 0 Å². The molecule has 0 saturated carbocycles. The molecule has 13 nitrogen and oxygen atoms in total. The van der Waals surface area contributed by atoms with Gasteiger partial charge in [-0.05, 0) is 70.9 Å². The second-order valence-corrected chi connectivity index (χ2v) is 10.6. The Labute approximate surface area is 253 Å². The van der Waals surface area contributed by atoms with E-state index in [9.17, 15) is 44.4 Å². The third-order valence-electron chi connectivity index (χ3n) is 7.59. The Bertz CT molecular complexity index is 1470. The number of hydrogen-bond donors (Lipinski definition) is 4. The van der Waals surface area contributed by atoms with Crippen LogP contribution in [0.25, 0.3) is 11.1 Å². The topological polar surface area (TPSA) is 203 Å². The van der Waals surface area contributed by atoms with Crippen LogP contribution in [0.2, 0.25) is 0 Å².